The van der Waals surface area contributed by atoms with E-state index in [9.17, 15) is 4.79 Å². The maximum Gasteiger partial charge on any atom is 0.175 e. The average molecular weight is 356 g/mol. The van der Waals surface area contributed by atoms with E-state index in [-0.39, 0.29) is 5.78 Å². The quantitative estimate of drug-likeness (QED) is 0.478. The van der Waals surface area contributed by atoms with Crippen LogP contribution in [0.2, 0.25) is 0 Å². The fourth-order valence-electron chi connectivity index (χ4n) is 3.05. The molecule has 0 aliphatic carbocycles. The number of aromatic nitrogens is 3. The number of para-hydroxylation sites is 2. The van der Waals surface area contributed by atoms with Gasteiger partial charge < -0.3 is 9.13 Å². The predicted octanol–water partition coefficient (Wildman–Crippen LogP) is 4.62. The molecule has 0 spiro atoms. The Bertz CT molecular complexity index is 921. The normalized spacial score (nSPS) is 11.6. The third kappa shape index (κ3) is 3.52. The lowest BCUT2D eigenvalue weighted by Gasteiger charge is -2.11. The summed E-state index contributed by atoms with van der Waals surface area (Å²) in [6.07, 6.45) is 0. The summed E-state index contributed by atoms with van der Waals surface area (Å²) in [7, 11) is 2.00. The zero-order chi connectivity index (χ0) is 18.1. The number of rotatable bonds is 6. The van der Waals surface area contributed by atoms with Crippen LogP contribution in [0.25, 0.3) is 11.0 Å². The van der Waals surface area contributed by atoms with E-state index in [0.717, 1.165) is 39.7 Å². The number of fused-ring (bicyclic) bond motifs is 1. The second kappa shape index (κ2) is 7.08. The third-order valence-corrected chi connectivity index (χ3v) is 5.55. The molecule has 0 atom stereocenters. The number of thioether (sulfide) groups is 1. The van der Waals surface area contributed by atoms with Gasteiger partial charge in [0.15, 0.2) is 10.9 Å². The summed E-state index contributed by atoms with van der Waals surface area (Å²) in [5, 5.41) is 0.925. The third-order valence-electron chi connectivity index (χ3n) is 4.58. The fraction of sp³-hybridized carbons (Fsp3) is 0.400. The monoisotopic (exact) mass is 355 g/mol. The van der Waals surface area contributed by atoms with Gasteiger partial charge in [0.2, 0.25) is 0 Å². The molecular formula is C20H25N3OS. The Labute approximate surface area is 153 Å². The van der Waals surface area contributed by atoms with Gasteiger partial charge in [-0.2, -0.15) is 0 Å². The highest BCUT2D eigenvalue weighted by atomic mass is 32.2. The predicted molar refractivity (Wildman–Crippen MR) is 105 cm³/mol. The summed E-state index contributed by atoms with van der Waals surface area (Å²) >= 11 is 1.53. The largest absolute Gasteiger partial charge is 0.351 e. The van der Waals surface area contributed by atoms with Crippen LogP contribution in [-0.2, 0) is 13.6 Å². The lowest BCUT2D eigenvalue weighted by Crippen LogP contribution is -2.08. The molecule has 0 aliphatic heterocycles. The number of Topliss-reactive ketones (excluding diaryl/α,β-unsaturated/α-hetero) is 1. The molecule has 2 aromatic heterocycles. The first-order valence-electron chi connectivity index (χ1n) is 8.62. The number of carbonyl (C=O) groups excluding carboxylic acids is 1. The van der Waals surface area contributed by atoms with Gasteiger partial charge in [-0.1, -0.05) is 37.7 Å². The van der Waals surface area contributed by atoms with Crippen LogP contribution in [-0.4, -0.2) is 25.7 Å². The van der Waals surface area contributed by atoms with Gasteiger partial charge in [0.25, 0.3) is 0 Å². The molecule has 132 valence electrons. The number of carbonyl (C=O) groups is 1. The molecule has 0 radical (unpaired) electrons. The van der Waals surface area contributed by atoms with Crippen molar-refractivity contribution >= 4 is 28.6 Å². The zero-order valence-corrected chi connectivity index (χ0v) is 16.4. The fourth-order valence-corrected chi connectivity index (χ4v) is 3.96. The topological polar surface area (TPSA) is 39.8 Å². The van der Waals surface area contributed by atoms with Crippen molar-refractivity contribution in [1.29, 1.82) is 0 Å². The first-order valence-corrected chi connectivity index (χ1v) is 9.61. The van der Waals surface area contributed by atoms with Crippen LogP contribution in [0.15, 0.2) is 35.5 Å². The molecule has 0 aliphatic rings. The van der Waals surface area contributed by atoms with Gasteiger partial charge in [-0.05, 0) is 38.0 Å². The molecule has 0 saturated carbocycles. The number of imidazole rings is 1. The maximum atomic E-state index is 12.7. The van der Waals surface area contributed by atoms with Crippen molar-refractivity contribution in [2.75, 3.05) is 5.75 Å². The molecule has 2 heterocycles. The molecule has 5 heteroatoms. The van der Waals surface area contributed by atoms with E-state index >= 15 is 0 Å². The zero-order valence-electron chi connectivity index (χ0n) is 15.5. The summed E-state index contributed by atoms with van der Waals surface area (Å²) in [6.45, 7) is 9.33. The lowest BCUT2D eigenvalue weighted by atomic mass is 10.2. The van der Waals surface area contributed by atoms with Crippen LogP contribution in [0.1, 0.15) is 35.6 Å². The van der Waals surface area contributed by atoms with E-state index < -0.39 is 0 Å². The Balaban J connectivity index is 1.85. The van der Waals surface area contributed by atoms with Gasteiger partial charge in [-0.3, -0.25) is 4.79 Å². The van der Waals surface area contributed by atoms with Crippen LogP contribution in [0, 0.1) is 19.8 Å². The highest BCUT2D eigenvalue weighted by Gasteiger charge is 2.17. The molecule has 0 unspecified atom stereocenters. The summed E-state index contributed by atoms with van der Waals surface area (Å²) in [6, 6.07) is 10.2. The van der Waals surface area contributed by atoms with Crippen molar-refractivity contribution in [2.45, 2.75) is 39.4 Å². The average Bonchev–Trinajstić information content (AvgIpc) is 3.05. The summed E-state index contributed by atoms with van der Waals surface area (Å²) < 4.78 is 4.30. The lowest BCUT2D eigenvalue weighted by molar-refractivity contribution is 0.102. The van der Waals surface area contributed by atoms with Crippen LogP contribution in [0.3, 0.4) is 0 Å². The smallest absolute Gasteiger partial charge is 0.175 e. The molecule has 25 heavy (non-hydrogen) atoms. The number of benzene rings is 1. The van der Waals surface area contributed by atoms with Crippen LogP contribution < -0.4 is 0 Å². The van der Waals surface area contributed by atoms with Gasteiger partial charge in [0.05, 0.1) is 16.8 Å². The van der Waals surface area contributed by atoms with Crippen molar-refractivity contribution < 1.29 is 4.79 Å². The molecule has 3 rings (SSSR count). The number of aryl methyl sites for hydroxylation is 1. The second-order valence-electron chi connectivity index (χ2n) is 6.94. The molecule has 1 aromatic carbocycles. The van der Waals surface area contributed by atoms with Crippen LogP contribution >= 0.6 is 11.8 Å². The molecule has 0 fully saturated rings. The standard InChI is InChI=1S/C20H25N3OS/c1-13(2)11-23-18-9-7-6-8-17(18)21-20(23)25-12-19(24)16-10-14(3)22(5)15(16)4/h6-10,13H,11-12H2,1-5H3. The molecule has 0 saturated heterocycles. The Morgan fingerprint density at radius 1 is 1.24 bits per heavy atom. The van der Waals surface area contributed by atoms with Crippen molar-refractivity contribution in [2.24, 2.45) is 13.0 Å². The van der Waals surface area contributed by atoms with Gasteiger partial charge >= 0.3 is 0 Å². The minimum absolute atomic E-state index is 0.161. The number of nitrogens with zero attached hydrogens (tertiary/aromatic N) is 3. The summed E-state index contributed by atoms with van der Waals surface area (Å²) in [4.78, 5) is 17.4. The number of hydrogen-bond acceptors (Lipinski definition) is 3. The van der Waals surface area contributed by atoms with Crippen LogP contribution in [0.4, 0.5) is 0 Å². The van der Waals surface area contributed by atoms with Gasteiger partial charge in [-0.15, -0.1) is 0 Å². The summed E-state index contributed by atoms with van der Waals surface area (Å²) in [5.41, 5.74) is 5.08. The van der Waals surface area contributed by atoms with Crippen molar-refractivity contribution in [3.8, 4) is 0 Å². The SMILES string of the molecule is Cc1cc(C(=O)CSc2nc3ccccc3n2CC(C)C)c(C)n1C. The first-order chi connectivity index (χ1) is 11.9. The van der Waals surface area contributed by atoms with E-state index in [1.165, 1.54) is 11.8 Å². The number of hydrogen-bond donors (Lipinski definition) is 0. The summed E-state index contributed by atoms with van der Waals surface area (Å²) in [5.74, 6) is 1.09. The molecule has 3 aromatic rings. The van der Waals surface area contributed by atoms with E-state index in [1.54, 1.807) is 0 Å². The van der Waals surface area contributed by atoms with Gasteiger partial charge in [0, 0.05) is 30.5 Å². The Morgan fingerprint density at radius 2 is 1.96 bits per heavy atom. The van der Waals surface area contributed by atoms with E-state index in [4.69, 9.17) is 4.98 Å². The second-order valence-corrected chi connectivity index (χ2v) is 7.89. The van der Waals surface area contributed by atoms with Gasteiger partial charge in [-0.25, -0.2) is 4.98 Å². The molecule has 0 bridgehead atoms. The van der Waals surface area contributed by atoms with E-state index in [1.807, 2.05) is 45.2 Å². The van der Waals surface area contributed by atoms with Crippen molar-refractivity contribution in [3.05, 3.63) is 47.3 Å². The van der Waals surface area contributed by atoms with E-state index in [2.05, 4.69) is 29.0 Å². The van der Waals surface area contributed by atoms with Crippen molar-refractivity contribution in [1.82, 2.24) is 14.1 Å². The number of ketones is 1. The highest BCUT2D eigenvalue weighted by molar-refractivity contribution is 7.99. The maximum absolute atomic E-state index is 12.7. The Kier molecular flexibility index (Phi) is 5.04. The molecule has 0 N–H and O–H groups in total. The first kappa shape index (κ1) is 17.8. The minimum Gasteiger partial charge on any atom is -0.351 e. The Hall–Kier alpha value is -2.01. The van der Waals surface area contributed by atoms with E-state index in [0.29, 0.717) is 11.7 Å². The van der Waals surface area contributed by atoms with Crippen molar-refractivity contribution in [3.63, 3.8) is 0 Å². The minimum atomic E-state index is 0.161. The molecular weight excluding hydrogens is 330 g/mol. The molecule has 4 nitrogen and oxygen atoms in total. The highest BCUT2D eigenvalue weighted by Crippen LogP contribution is 2.26. The van der Waals surface area contributed by atoms with Crippen LogP contribution in [0.5, 0.6) is 0 Å². The Morgan fingerprint density at radius 3 is 2.60 bits per heavy atom. The van der Waals surface area contributed by atoms with Gasteiger partial charge in [0.1, 0.15) is 0 Å². The molecule has 0 amide bonds.